The smallest absolute Gasteiger partial charge is 0.0739 e. The van der Waals surface area contributed by atoms with Crippen LogP contribution in [-0.2, 0) is 13.1 Å². The summed E-state index contributed by atoms with van der Waals surface area (Å²) >= 11 is 9.49. The molecule has 0 bridgehead atoms. The predicted molar refractivity (Wildman–Crippen MR) is 76.6 cm³/mol. The van der Waals surface area contributed by atoms with E-state index in [1.54, 1.807) is 0 Å². The fourth-order valence-corrected chi connectivity index (χ4v) is 2.33. The molecule has 0 fully saturated rings. The summed E-state index contributed by atoms with van der Waals surface area (Å²) in [6, 6.07) is 0. The maximum Gasteiger partial charge on any atom is 0.0739 e. The Hall–Kier alpha value is -0.0600. The van der Waals surface area contributed by atoms with Crippen LogP contribution in [0.15, 0.2) is 4.47 Å². The topological polar surface area (TPSA) is 29.9 Å². The van der Waals surface area contributed by atoms with Gasteiger partial charge in [0.15, 0.2) is 0 Å². The van der Waals surface area contributed by atoms with Crippen LogP contribution < -0.4 is 5.32 Å². The molecule has 0 aliphatic rings. The molecule has 1 N–H and O–H groups in total. The van der Waals surface area contributed by atoms with Gasteiger partial charge in [-0.1, -0.05) is 0 Å². The van der Waals surface area contributed by atoms with E-state index in [-0.39, 0.29) is 5.38 Å². The third-order valence-electron chi connectivity index (χ3n) is 2.70. The van der Waals surface area contributed by atoms with Crippen LogP contribution in [0.1, 0.15) is 38.1 Å². The molecule has 0 amide bonds. The summed E-state index contributed by atoms with van der Waals surface area (Å²) in [5.74, 6) is 0. The molecule has 0 aliphatic carbocycles. The molecule has 1 aromatic rings. The van der Waals surface area contributed by atoms with E-state index in [2.05, 4.69) is 33.3 Å². The van der Waals surface area contributed by atoms with Crippen LogP contribution in [0.3, 0.4) is 0 Å². The van der Waals surface area contributed by atoms with Crippen molar-refractivity contribution in [3.63, 3.8) is 0 Å². The fraction of sp³-hybridized carbons (Fsp3) is 0.750. The zero-order valence-corrected chi connectivity index (χ0v) is 13.1. The first-order valence-electron chi connectivity index (χ1n) is 6.12. The molecule has 17 heavy (non-hydrogen) atoms. The van der Waals surface area contributed by atoms with Gasteiger partial charge in [-0.25, -0.2) is 0 Å². The highest BCUT2D eigenvalue weighted by molar-refractivity contribution is 9.10. The standard InChI is InChI=1S/C12H21BrClN3/c1-4-17-11(12(13)10(3)16-17)8-15-7-5-6-9(2)14/h9,15H,4-8H2,1-3H3. The second-order valence-electron chi connectivity index (χ2n) is 4.26. The molecule has 0 aromatic carbocycles. The molecular weight excluding hydrogens is 302 g/mol. The SMILES string of the molecule is CCn1nc(C)c(Br)c1CNCCCC(C)Cl. The van der Waals surface area contributed by atoms with E-state index in [0.29, 0.717) is 0 Å². The molecule has 1 aromatic heterocycles. The zero-order chi connectivity index (χ0) is 12.8. The average Bonchev–Trinajstić information content (AvgIpc) is 2.55. The van der Waals surface area contributed by atoms with Crippen molar-refractivity contribution in [1.82, 2.24) is 15.1 Å². The Morgan fingerprint density at radius 3 is 2.82 bits per heavy atom. The summed E-state index contributed by atoms with van der Waals surface area (Å²) in [5, 5.41) is 8.17. The number of hydrogen-bond donors (Lipinski definition) is 1. The van der Waals surface area contributed by atoms with Crippen LogP contribution >= 0.6 is 27.5 Å². The molecular formula is C12H21BrClN3. The maximum absolute atomic E-state index is 5.90. The van der Waals surface area contributed by atoms with Gasteiger partial charge in [-0.05, 0) is 56.1 Å². The summed E-state index contributed by atoms with van der Waals surface area (Å²) in [6.07, 6.45) is 2.17. The van der Waals surface area contributed by atoms with Gasteiger partial charge in [-0.15, -0.1) is 11.6 Å². The molecule has 3 nitrogen and oxygen atoms in total. The average molecular weight is 323 g/mol. The molecule has 0 radical (unpaired) electrons. The Balaban J connectivity index is 2.41. The van der Waals surface area contributed by atoms with Gasteiger partial charge < -0.3 is 5.32 Å². The Kier molecular flexibility index (Phi) is 6.52. The minimum Gasteiger partial charge on any atom is -0.311 e. The lowest BCUT2D eigenvalue weighted by Gasteiger charge is -2.08. The van der Waals surface area contributed by atoms with Crippen LogP contribution in [-0.4, -0.2) is 21.7 Å². The molecule has 0 aliphatic heterocycles. The summed E-state index contributed by atoms with van der Waals surface area (Å²) in [5.41, 5.74) is 2.28. The van der Waals surface area contributed by atoms with Crippen LogP contribution in [0.25, 0.3) is 0 Å². The highest BCUT2D eigenvalue weighted by Gasteiger charge is 2.10. The monoisotopic (exact) mass is 321 g/mol. The Labute approximate surface area is 117 Å². The fourth-order valence-electron chi connectivity index (χ4n) is 1.75. The minimum absolute atomic E-state index is 0.270. The van der Waals surface area contributed by atoms with E-state index in [4.69, 9.17) is 11.6 Å². The van der Waals surface area contributed by atoms with Crippen LogP contribution in [0.5, 0.6) is 0 Å². The van der Waals surface area contributed by atoms with Crippen molar-refractivity contribution < 1.29 is 0 Å². The van der Waals surface area contributed by atoms with Gasteiger partial charge in [-0.2, -0.15) is 5.10 Å². The lowest BCUT2D eigenvalue weighted by atomic mass is 10.2. The van der Waals surface area contributed by atoms with Gasteiger partial charge in [0.2, 0.25) is 0 Å². The van der Waals surface area contributed by atoms with Crippen LogP contribution in [0, 0.1) is 6.92 Å². The molecule has 1 atom stereocenters. The Morgan fingerprint density at radius 2 is 2.24 bits per heavy atom. The first-order valence-corrected chi connectivity index (χ1v) is 7.35. The number of alkyl halides is 1. The summed E-state index contributed by atoms with van der Waals surface area (Å²) in [6.45, 7) is 8.92. The molecule has 0 spiro atoms. The third-order valence-corrected chi connectivity index (χ3v) is 3.95. The summed E-state index contributed by atoms with van der Waals surface area (Å²) in [7, 11) is 0. The van der Waals surface area contributed by atoms with Crippen LogP contribution in [0.2, 0.25) is 0 Å². The highest BCUT2D eigenvalue weighted by Crippen LogP contribution is 2.20. The lowest BCUT2D eigenvalue weighted by Crippen LogP contribution is -2.18. The number of halogens is 2. The second kappa shape index (κ2) is 7.39. The van der Waals surface area contributed by atoms with Crippen molar-refractivity contribution in [2.45, 2.75) is 52.1 Å². The normalized spacial score (nSPS) is 13.0. The third kappa shape index (κ3) is 4.60. The van der Waals surface area contributed by atoms with Crippen molar-refractivity contribution in [2.24, 2.45) is 0 Å². The van der Waals surface area contributed by atoms with E-state index in [1.165, 1.54) is 5.69 Å². The molecule has 1 heterocycles. The van der Waals surface area contributed by atoms with Gasteiger partial charge in [0.25, 0.3) is 0 Å². The minimum atomic E-state index is 0.270. The van der Waals surface area contributed by atoms with Gasteiger partial charge in [0.05, 0.1) is 15.9 Å². The number of nitrogens with one attached hydrogen (secondary N) is 1. The first-order chi connectivity index (χ1) is 8.06. The lowest BCUT2D eigenvalue weighted by molar-refractivity contribution is 0.562. The number of hydrogen-bond acceptors (Lipinski definition) is 2. The Morgan fingerprint density at radius 1 is 1.53 bits per heavy atom. The van der Waals surface area contributed by atoms with Gasteiger partial charge in [0.1, 0.15) is 0 Å². The van der Waals surface area contributed by atoms with E-state index in [1.807, 2.05) is 18.5 Å². The van der Waals surface area contributed by atoms with Gasteiger partial charge in [-0.3, -0.25) is 4.68 Å². The Bertz CT molecular complexity index is 350. The summed E-state index contributed by atoms with van der Waals surface area (Å²) in [4.78, 5) is 0. The molecule has 5 heteroatoms. The van der Waals surface area contributed by atoms with Crippen molar-refractivity contribution >= 4 is 27.5 Å². The number of rotatable bonds is 7. The van der Waals surface area contributed by atoms with Crippen molar-refractivity contribution in [1.29, 1.82) is 0 Å². The maximum atomic E-state index is 5.90. The zero-order valence-electron chi connectivity index (χ0n) is 10.8. The summed E-state index contributed by atoms with van der Waals surface area (Å²) < 4.78 is 3.16. The first kappa shape index (κ1) is 15.0. The quantitative estimate of drug-likeness (QED) is 0.615. The van der Waals surface area contributed by atoms with Crippen LogP contribution in [0.4, 0.5) is 0 Å². The van der Waals surface area contributed by atoms with E-state index >= 15 is 0 Å². The number of aryl methyl sites for hydroxylation is 2. The van der Waals surface area contributed by atoms with E-state index in [0.717, 1.165) is 42.6 Å². The molecule has 0 saturated heterocycles. The molecule has 98 valence electrons. The highest BCUT2D eigenvalue weighted by atomic mass is 79.9. The van der Waals surface area contributed by atoms with Crippen molar-refractivity contribution in [2.75, 3.05) is 6.54 Å². The molecule has 1 unspecified atom stereocenters. The van der Waals surface area contributed by atoms with E-state index < -0.39 is 0 Å². The van der Waals surface area contributed by atoms with Gasteiger partial charge in [0, 0.05) is 18.5 Å². The second-order valence-corrected chi connectivity index (χ2v) is 5.80. The molecule has 1 rings (SSSR count). The number of nitrogens with zero attached hydrogens (tertiary/aromatic N) is 2. The van der Waals surface area contributed by atoms with Crippen molar-refractivity contribution in [3.8, 4) is 0 Å². The van der Waals surface area contributed by atoms with E-state index in [9.17, 15) is 0 Å². The molecule has 0 saturated carbocycles. The number of aromatic nitrogens is 2. The predicted octanol–water partition coefficient (Wildman–Crippen LogP) is 3.47. The van der Waals surface area contributed by atoms with Crippen molar-refractivity contribution in [3.05, 3.63) is 15.9 Å². The largest absolute Gasteiger partial charge is 0.311 e. The van der Waals surface area contributed by atoms with Gasteiger partial charge >= 0.3 is 0 Å².